The topological polar surface area (TPSA) is 36.1 Å². The summed E-state index contributed by atoms with van der Waals surface area (Å²) in [7, 11) is 0. The lowest BCUT2D eigenvalue weighted by Gasteiger charge is -2.31. The van der Waals surface area contributed by atoms with Crippen LogP contribution in [0, 0.1) is 0 Å². The van der Waals surface area contributed by atoms with E-state index in [-0.39, 0.29) is 18.0 Å². The molecule has 0 amide bonds. The van der Waals surface area contributed by atoms with Gasteiger partial charge in [0.2, 0.25) is 0 Å². The molecule has 5 heteroatoms. The minimum absolute atomic E-state index is 0. The molecule has 0 radical (unpaired) electrons. The predicted octanol–water partition coefficient (Wildman–Crippen LogP) is 5.27. The zero-order valence-electron chi connectivity index (χ0n) is 16.1. The Labute approximate surface area is 176 Å². The average molecular weight is 415 g/mol. The minimum Gasteiger partial charge on any atom is -0.322 e. The first-order valence-corrected chi connectivity index (χ1v) is 11.1. The first-order valence-electron chi connectivity index (χ1n) is 10.2. The smallest absolute Gasteiger partial charge is 0.251 e. The van der Waals surface area contributed by atoms with Crippen molar-refractivity contribution in [2.75, 3.05) is 13.1 Å². The number of H-pyrrole nitrogens is 1. The molecule has 1 N–H and O–H groups in total. The summed E-state index contributed by atoms with van der Waals surface area (Å²) in [6.45, 7) is 3.29. The summed E-state index contributed by atoms with van der Waals surface area (Å²) in [5, 5.41) is 3.44. The number of fused-ring (bicyclic) bond motifs is 3. The number of rotatable bonds is 3. The highest BCUT2D eigenvalue weighted by Crippen LogP contribution is 2.32. The number of aryl methyl sites for hydroxylation is 1. The number of piperidine rings is 1. The number of hydrogen-bond acceptors (Lipinski definition) is 3. The van der Waals surface area contributed by atoms with Crippen molar-refractivity contribution >= 4 is 34.6 Å². The molecule has 0 spiro atoms. The number of thiophene rings is 1. The molecule has 1 aliphatic carbocycles. The zero-order valence-corrected chi connectivity index (χ0v) is 17.7. The molecule has 1 aromatic carbocycles. The standard InChI is InChI=1S/C23H26N2OS.ClH/c26-23-20-5-2-1-4-18(20)19-8-7-16(14-21(19)24-23)15-25-11-9-17(10-12-25)22-6-3-13-27-22;/h3,6-8,13-14,17H,1-2,4-5,9-12,15H2,(H,24,26);1H. The van der Waals surface area contributed by atoms with E-state index in [4.69, 9.17) is 0 Å². The Morgan fingerprint density at radius 1 is 1.07 bits per heavy atom. The molecule has 3 aromatic rings. The molecule has 5 rings (SSSR count). The Kier molecular flexibility index (Phi) is 5.91. The molecule has 0 atom stereocenters. The number of likely N-dealkylation sites (tertiary alicyclic amines) is 1. The molecule has 28 heavy (non-hydrogen) atoms. The largest absolute Gasteiger partial charge is 0.322 e. The number of nitrogens with one attached hydrogen (secondary N) is 1. The monoisotopic (exact) mass is 414 g/mol. The molecule has 3 nitrogen and oxygen atoms in total. The van der Waals surface area contributed by atoms with Crippen molar-refractivity contribution in [1.82, 2.24) is 9.88 Å². The zero-order chi connectivity index (χ0) is 18.2. The van der Waals surface area contributed by atoms with Crippen LogP contribution in [-0.4, -0.2) is 23.0 Å². The van der Waals surface area contributed by atoms with Crippen molar-refractivity contribution in [3.8, 4) is 0 Å². The highest BCUT2D eigenvalue weighted by Gasteiger charge is 2.22. The van der Waals surface area contributed by atoms with Gasteiger partial charge in [-0.25, -0.2) is 0 Å². The molecule has 0 saturated carbocycles. The molecule has 3 heterocycles. The van der Waals surface area contributed by atoms with Gasteiger partial charge in [-0.1, -0.05) is 18.2 Å². The highest BCUT2D eigenvalue weighted by molar-refractivity contribution is 7.10. The Balaban J connectivity index is 0.00000192. The van der Waals surface area contributed by atoms with Gasteiger partial charge in [-0.3, -0.25) is 9.69 Å². The number of halogens is 1. The Morgan fingerprint density at radius 2 is 1.86 bits per heavy atom. The van der Waals surface area contributed by atoms with Gasteiger partial charge in [-0.15, -0.1) is 23.7 Å². The van der Waals surface area contributed by atoms with E-state index >= 15 is 0 Å². The van der Waals surface area contributed by atoms with E-state index in [9.17, 15) is 4.79 Å². The Hall–Kier alpha value is -1.62. The van der Waals surface area contributed by atoms with Crippen molar-refractivity contribution in [1.29, 1.82) is 0 Å². The number of aromatic amines is 1. The second-order valence-corrected chi connectivity index (χ2v) is 9.04. The van der Waals surface area contributed by atoms with Crippen LogP contribution >= 0.6 is 23.7 Å². The van der Waals surface area contributed by atoms with Gasteiger partial charge < -0.3 is 4.98 Å². The molecular weight excluding hydrogens is 388 g/mol. The van der Waals surface area contributed by atoms with Crippen molar-refractivity contribution in [3.05, 3.63) is 67.6 Å². The maximum Gasteiger partial charge on any atom is 0.251 e. The normalized spacial score (nSPS) is 18.0. The summed E-state index contributed by atoms with van der Waals surface area (Å²) >= 11 is 1.90. The van der Waals surface area contributed by atoms with Gasteiger partial charge in [0, 0.05) is 27.9 Å². The van der Waals surface area contributed by atoms with E-state index in [1.54, 1.807) is 4.88 Å². The van der Waals surface area contributed by atoms with Crippen LogP contribution < -0.4 is 5.56 Å². The van der Waals surface area contributed by atoms with Gasteiger partial charge in [0.15, 0.2) is 0 Å². The third-order valence-corrected chi connectivity index (χ3v) is 7.37. The predicted molar refractivity (Wildman–Crippen MR) is 120 cm³/mol. The molecule has 2 aliphatic rings. The quantitative estimate of drug-likeness (QED) is 0.633. The van der Waals surface area contributed by atoms with E-state index in [2.05, 4.69) is 45.6 Å². The van der Waals surface area contributed by atoms with Crippen molar-refractivity contribution in [3.63, 3.8) is 0 Å². The summed E-state index contributed by atoms with van der Waals surface area (Å²) in [5.41, 5.74) is 4.78. The molecule has 1 saturated heterocycles. The average Bonchev–Trinajstić information content (AvgIpc) is 3.23. The van der Waals surface area contributed by atoms with E-state index in [0.29, 0.717) is 0 Å². The summed E-state index contributed by atoms with van der Waals surface area (Å²) < 4.78 is 0. The number of benzene rings is 1. The van der Waals surface area contributed by atoms with E-state index < -0.39 is 0 Å². The maximum absolute atomic E-state index is 12.5. The lowest BCUT2D eigenvalue weighted by molar-refractivity contribution is 0.206. The molecule has 1 aliphatic heterocycles. The number of nitrogens with zero attached hydrogens (tertiary/aromatic N) is 1. The maximum atomic E-state index is 12.5. The van der Waals surface area contributed by atoms with Gasteiger partial charge in [-0.05, 0) is 86.2 Å². The Morgan fingerprint density at radius 3 is 2.61 bits per heavy atom. The van der Waals surface area contributed by atoms with E-state index in [1.165, 1.54) is 35.8 Å². The summed E-state index contributed by atoms with van der Waals surface area (Å²) in [4.78, 5) is 19.7. The Bertz CT molecular complexity index is 1000. The lowest BCUT2D eigenvalue weighted by Crippen LogP contribution is -2.32. The summed E-state index contributed by atoms with van der Waals surface area (Å²) in [6.07, 6.45) is 6.82. The fourth-order valence-electron chi connectivity index (χ4n) is 4.86. The summed E-state index contributed by atoms with van der Waals surface area (Å²) in [5.74, 6) is 0.737. The van der Waals surface area contributed by atoms with Crippen molar-refractivity contribution in [2.24, 2.45) is 0 Å². The third kappa shape index (κ3) is 3.78. The first kappa shape index (κ1) is 19.7. The molecule has 148 valence electrons. The number of pyridine rings is 1. The molecular formula is C23H27ClN2OS. The lowest BCUT2D eigenvalue weighted by atomic mass is 9.89. The second-order valence-electron chi connectivity index (χ2n) is 8.06. The van der Waals surface area contributed by atoms with Crippen molar-refractivity contribution in [2.45, 2.75) is 51.0 Å². The first-order chi connectivity index (χ1) is 13.3. The molecule has 0 unspecified atom stereocenters. The van der Waals surface area contributed by atoms with Crippen LogP contribution in [0.5, 0.6) is 0 Å². The van der Waals surface area contributed by atoms with Crippen LogP contribution in [0.1, 0.15) is 53.2 Å². The fraction of sp³-hybridized carbons (Fsp3) is 0.435. The van der Waals surface area contributed by atoms with Crippen LogP contribution in [0.3, 0.4) is 0 Å². The van der Waals surface area contributed by atoms with Gasteiger partial charge in [0.25, 0.3) is 5.56 Å². The second kappa shape index (κ2) is 8.40. The van der Waals surface area contributed by atoms with Gasteiger partial charge in [0.1, 0.15) is 0 Å². The van der Waals surface area contributed by atoms with Crippen LogP contribution in [0.15, 0.2) is 40.5 Å². The number of aromatic nitrogens is 1. The molecule has 2 aromatic heterocycles. The molecule has 1 fully saturated rings. The fourth-order valence-corrected chi connectivity index (χ4v) is 5.76. The van der Waals surface area contributed by atoms with E-state index in [1.807, 2.05) is 11.3 Å². The van der Waals surface area contributed by atoms with Gasteiger partial charge in [-0.2, -0.15) is 0 Å². The van der Waals surface area contributed by atoms with Crippen LogP contribution in [-0.2, 0) is 19.4 Å². The SMILES string of the molecule is Cl.O=c1[nH]c2cc(CN3CCC(c4cccs4)CC3)ccc2c2c1CCCC2. The van der Waals surface area contributed by atoms with Crippen LogP contribution in [0.25, 0.3) is 10.9 Å². The third-order valence-electron chi connectivity index (χ3n) is 6.34. The van der Waals surface area contributed by atoms with Crippen LogP contribution in [0.4, 0.5) is 0 Å². The van der Waals surface area contributed by atoms with E-state index in [0.717, 1.165) is 55.9 Å². The summed E-state index contributed by atoms with van der Waals surface area (Å²) in [6, 6.07) is 11.2. The van der Waals surface area contributed by atoms with Gasteiger partial charge in [0.05, 0.1) is 0 Å². The van der Waals surface area contributed by atoms with Crippen molar-refractivity contribution < 1.29 is 0 Å². The number of hydrogen-bond donors (Lipinski definition) is 1. The highest BCUT2D eigenvalue weighted by atomic mass is 35.5. The minimum atomic E-state index is 0. The molecule has 0 bridgehead atoms. The van der Waals surface area contributed by atoms with Gasteiger partial charge >= 0.3 is 0 Å². The van der Waals surface area contributed by atoms with Crippen LogP contribution in [0.2, 0.25) is 0 Å².